The van der Waals surface area contributed by atoms with Crippen LogP contribution in [0.2, 0.25) is 0 Å². The second-order valence-corrected chi connectivity index (χ2v) is 10.8. The molecule has 0 aromatic carbocycles. The molecule has 2 aromatic rings. The summed E-state index contributed by atoms with van der Waals surface area (Å²) >= 11 is 3.00. The summed E-state index contributed by atoms with van der Waals surface area (Å²) in [5.41, 5.74) is 0. The van der Waals surface area contributed by atoms with Crippen LogP contribution in [0, 0.1) is 0 Å². The fourth-order valence-electron chi connectivity index (χ4n) is 2.99. The molecule has 3 heterocycles. The number of hydrogen-bond donors (Lipinski definition) is 0. The molecule has 1 aliphatic heterocycles. The highest BCUT2D eigenvalue weighted by Crippen LogP contribution is 2.39. The highest BCUT2D eigenvalue weighted by atomic mass is 32.2. The third kappa shape index (κ3) is 4.29. The second-order valence-electron chi connectivity index (χ2n) is 6.56. The van der Waals surface area contributed by atoms with Gasteiger partial charge >= 0.3 is 5.97 Å². The molecule has 0 radical (unpaired) electrons. The van der Waals surface area contributed by atoms with E-state index in [1.807, 2.05) is 11.4 Å². The number of ether oxygens (including phenoxy) is 1. The van der Waals surface area contributed by atoms with Crippen molar-refractivity contribution in [2.75, 3.05) is 17.3 Å². The van der Waals surface area contributed by atoms with Gasteiger partial charge in [0.1, 0.15) is 11.9 Å². The summed E-state index contributed by atoms with van der Waals surface area (Å²) in [7, 11) is -3.05. The van der Waals surface area contributed by atoms with Crippen molar-refractivity contribution in [3.05, 3.63) is 28.2 Å². The Morgan fingerprint density at radius 1 is 1.35 bits per heavy atom. The van der Waals surface area contributed by atoms with Gasteiger partial charge in [-0.05, 0) is 30.7 Å². The lowest BCUT2D eigenvalue weighted by Crippen LogP contribution is -2.20. The first-order valence-electron chi connectivity index (χ1n) is 8.49. The van der Waals surface area contributed by atoms with E-state index in [1.165, 1.54) is 16.6 Å². The zero-order valence-corrected chi connectivity index (χ0v) is 16.5. The Labute approximate surface area is 160 Å². The van der Waals surface area contributed by atoms with Gasteiger partial charge in [0.05, 0.1) is 17.3 Å². The van der Waals surface area contributed by atoms with Crippen LogP contribution in [0.1, 0.15) is 36.0 Å². The van der Waals surface area contributed by atoms with Gasteiger partial charge in [0.2, 0.25) is 0 Å². The zero-order chi connectivity index (χ0) is 18.1. The first kappa shape index (κ1) is 18.0. The van der Waals surface area contributed by atoms with E-state index in [4.69, 9.17) is 4.74 Å². The minimum absolute atomic E-state index is 0.0629. The molecule has 1 saturated heterocycles. The second kappa shape index (κ2) is 7.32. The van der Waals surface area contributed by atoms with E-state index in [9.17, 15) is 13.2 Å². The number of carbonyl (C=O) groups is 1. The van der Waals surface area contributed by atoms with E-state index in [0.29, 0.717) is 12.5 Å². The number of aromatic nitrogens is 3. The van der Waals surface area contributed by atoms with Crippen molar-refractivity contribution in [3.8, 4) is 0 Å². The van der Waals surface area contributed by atoms with Crippen LogP contribution in [0.5, 0.6) is 0 Å². The van der Waals surface area contributed by atoms with Crippen molar-refractivity contribution in [1.29, 1.82) is 0 Å². The Morgan fingerprint density at radius 2 is 2.19 bits per heavy atom. The van der Waals surface area contributed by atoms with E-state index in [0.717, 1.165) is 30.2 Å². The maximum absolute atomic E-state index is 12.0. The van der Waals surface area contributed by atoms with Gasteiger partial charge in [-0.3, -0.25) is 4.79 Å². The van der Waals surface area contributed by atoms with Crippen LogP contribution < -0.4 is 0 Å². The van der Waals surface area contributed by atoms with Gasteiger partial charge < -0.3 is 9.30 Å². The van der Waals surface area contributed by atoms with Crippen molar-refractivity contribution in [1.82, 2.24) is 14.8 Å². The molecule has 1 aliphatic carbocycles. The first-order chi connectivity index (χ1) is 12.5. The van der Waals surface area contributed by atoms with E-state index in [-0.39, 0.29) is 17.3 Å². The highest BCUT2D eigenvalue weighted by Gasteiger charge is 2.32. The molecule has 0 unspecified atom stereocenters. The molecule has 0 amide bonds. The van der Waals surface area contributed by atoms with Crippen molar-refractivity contribution < 1.29 is 17.9 Å². The molecule has 7 nitrogen and oxygen atoms in total. The first-order valence-corrected chi connectivity index (χ1v) is 12.2. The summed E-state index contributed by atoms with van der Waals surface area (Å²) < 4.78 is 30.3. The number of hydrogen-bond acceptors (Lipinski definition) is 8. The monoisotopic (exact) mass is 413 g/mol. The molecule has 0 spiro atoms. The predicted octanol–water partition coefficient (Wildman–Crippen LogP) is 2.09. The van der Waals surface area contributed by atoms with Gasteiger partial charge in [0.15, 0.2) is 15.0 Å². The molecule has 1 atom stereocenters. The third-order valence-corrected chi connectivity index (χ3v) is 7.90. The van der Waals surface area contributed by atoms with Gasteiger partial charge in [-0.15, -0.1) is 21.5 Å². The van der Waals surface area contributed by atoms with Gasteiger partial charge in [0.25, 0.3) is 0 Å². The number of sulfone groups is 1. The van der Waals surface area contributed by atoms with E-state index >= 15 is 0 Å². The molecule has 2 aromatic heterocycles. The average Bonchev–Trinajstić information content (AvgIpc) is 2.99. The Hall–Kier alpha value is -1.39. The predicted molar refractivity (Wildman–Crippen MR) is 99.3 cm³/mol. The van der Waals surface area contributed by atoms with E-state index in [1.54, 1.807) is 11.3 Å². The van der Waals surface area contributed by atoms with Crippen molar-refractivity contribution >= 4 is 38.9 Å². The van der Waals surface area contributed by atoms with E-state index < -0.39 is 21.9 Å². The molecule has 10 heteroatoms. The molecule has 0 N–H and O–H groups in total. The van der Waals surface area contributed by atoms with Gasteiger partial charge in [-0.1, -0.05) is 17.8 Å². The summed E-state index contributed by atoms with van der Waals surface area (Å²) in [5.74, 6) is 0.669. The Balaban J connectivity index is 1.37. The van der Waals surface area contributed by atoms with Gasteiger partial charge in [0, 0.05) is 17.3 Å². The maximum atomic E-state index is 12.0. The third-order valence-electron chi connectivity index (χ3n) is 4.37. The van der Waals surface area contributed by atoms with Crippen LogP contribution >= 0.6 is 23.1 Å². The zero-order valence-electron chi connectivity index (χ0n) is 14.0. The van der Waals surface area contributed by atoms with Crippen LogP contribution in [-0.2, 0) is 25.8 Å². The van der Waals surface area contributed by atoms with Crippen LogP contribution in [0.4, 0.5) is 0 Å². The van der Waals surface area contributed by atoms with Crippen molar-refractivity contribution in [3.63, 3.8) is 0 Å². The fraction of sp³-hybridized carbons (Fsp3) is 0.562. The van der Waals surface area contributed by atoms with Crippen molar-refractivity contribution in [2.24, 2.45) is 0 Å². The molecule has 1 saturated carbocycles. The molecule has 4 rings (SSSR count). The topological polar surface area (TPSA) is 91.2 Å². The lowest BCUT2D eigenvalue weighted by atomic mass is 10.3. The summed E-state index contributed by atoms with van der Waals surface area (Å²) in [6.07, 6.45) is 2.83. The fourth-order valence-corrected chi connectivity index (χ4v) is 6.09. The van der Waals surface area contributed by atoms with Crippen LogP contribution in [-0.4, -0.2) is 52.5 Å². The molecule has 0 bridgehead atoms. The molecule has 2 aliphatic rings. The Bertz CT molecular complexity index is 888. The molecule has 2 fully saturated rings. The molecular weight excluding hydrogens is 394 g/mol. The standard InChI is InChI=1S/C16H19N3O4S3/c20-15(23-12-5-7-26(21,22)10-12)9-25-16-18-17-14(19(16)11-3-4-11)8-13-2-1-6-24-13/h1-2,6,11-12H,3-5,7-10H2/t12-/m0/s1. The number of rotatable bonds is 7. The van der Waals surface area contributed by atoms with Gasteiger partial charge in [-0.2, -0.15) is 0 Å². The van der Waals surface area contributed by atoms with Gasteiger partial charge in [-0.25, -0.2) is 8.42 Å². The lowest BCUT2D eigenvalue weighted by Gasteiger charge is -2.11. The molecule has 140 valence electrons. The number of nitrogens with zero attached hydrogens (tertiary/aromatic N) is 3. The largest absolute Gasteiger partial charge is 0.461 e. The summed E-state index contributed by atoms with van der Waals surface area (Å²) in [5, 5.41) is 11.4. The molecular formula is C16H19N3O4S3. The summed E-state index contributed by atoms with van der Waals surface area (Å²) in [4.78, 5) is 13.3. The highest BCUT2D eigenvalue weighted by molar-refractivity contribution is 7.99. The Kier molecular flexibility index (Phi) is 5.07. The Morgan fingerprint density at radius 3 is 2.85 bits per heavy atom. The van der Waals surface area contributed by atoms with E-state index in [2.05, 4.69) is 20.8 Å². The summed E-state index contributed by atoms with van der Waals surface area (Å²) in [6, 6.07) is 4.52. The minimum atomic E-state index is -3.05. The number of esters is 1. The quantitative estimate of drug-likeness (QED) is 0.507. The minimum Gasteiger partial charge on any atom is -0.461 e. The number of carbonyl (C=O) groups excluding carboxylic acids is 1. The number of thiophene rings is 1. The van der Waals surface area contributed by atoms with Crippen molar-refractivity contribution in [2.45, 2.75) is 43.0 Å². The maximum Gasteiger partial charge on any atom is 0.316 e. The van der Waals surface area contributed by atoms with Crippen LogP contribution in [0.15, 0.2) is 22.7 Å². The smallest absolute Gasteiger partial charge is 0.316 e. The normalized spacial score (nSPS) is 21.8. The number of thioether (sulfide) groups is 1. The molecule has 26 heavy (non-hydrogen) atoms. The van der Waals surface area contributed by atoms with Crippen LogP contribution in [0.3, 0.4) is 0 Å². The average molecular weight is 414 g/mol. The SMILES string of the molecule is O=C(CSc1nnc(Cc2cccs2)n1C1CC1)O[C@H]1CCS(=O)(=O)C1. The summed E-state index contributed by atoms with van der Waals surface area (Å²) in [6.45, 7) is 0. The lowest BCUT2D eigenvalue weighted by molar-refractivity contribution is -0.144. The van der Waals surface area contributed by atoms with Crippen LogP contribution in [0.25, 0.3) is 0 Å².